The van der Waals surface area contributed by atoms with E-state index in [9.17, 15) is 4.79 Å². The monoisotopic (exact) mass is 293 g/mol. The third kappa shape index (κ3) is 3.46. The second-order valence-corrected chi connectivity index (χ2v) is 6.09. The summed E-state index contributed by atoms with van der Waals surface area (Å²) < 4.78 is 1.81. The van der Waals surface area contributed by atoms with Crippen molar-refractivity contribution in [2.75, 3.05) is 13.2 Å². The van der Waals surface area contributed by atoms with Crippen LogP contribution in [0.5, 0.6) is 0 Å². The van der Waals surface area contributed by atoms with Gasteiger partial charge in [0.2, 0.25) is 0 Å². The van der Waals surface area contributed by atoms with E-state index in [1.165, 1.54) is 6.42 Å². The molecule has 1 aliphatic rings. The third-order valence-corrected chi connectivity index (χ3v) is 4.24. The van der Waals surface area contributed by atoms with E-state index in [2.05, 4.69) is 18.9 Å². The topological polar surface area (TPSA) is 58.4 Å². The van der Waals surface area contributed by atoms with Crippen LogP contribution < -0.4 is 0 Å². The molecule has 1 N–H and O–H groups in total. The van der Waals surface area contributed by atoms with Crippen molar-refractivity contribution in [3.05, 3.63) is 17.5 Å². The van der Waals surface area contributed by atoms with Crippen LogP contribution in [-0.2, 0) is 6.54 Å². The Bertz CT molecular complexity index is 478. The van der Waals surface area contributed by atoms with Crippen molar-refractivity contribution in [1.29, 1.82) is 0 Å². The molecule has 1 amide bonds. The number of carbonyl (C=O) groups is 1. The molecule has 2 rings (SSSR count). The van der Waals surface area contributed by atoms with Crippen molar-refractivity contribution in [2.45, 2.75) is 65.0 Å². The minimum absolute atomic E-state index is 0.0643. The molecular weight excluding hydrogens is 266 g/mol. The molecule has 1 heterocycles. The van der Waals surface area contributed by atoms with Crippen LogP contribution in [-0.4, -0.2) is 44.9 Å². The number of rotatable bonds is 7. The molecule has 1 saturated carbocycles. The molecular formula is C16H27N3O2. The average Bonchev–Trinajstić information content (AvgIpc) is 2.84. The maximum atomic E-state index is 12.9. The fourth-order valence-corrected chi connectivity index (χ4v) is 2.67. The van der Waals surface area contributed by atoms with Gasteiger partial charge in [-0.1, -0.05) is 13.8 Å². The number of aryl methyl sites for hydroxylation is 1. The third-order valence-electron chi connectivity index (χ3n) is 4.24. The Morgan fingerprint density at radius 3 is 2.71 bits per heavy atom. The first kappa shape index (κ1) is 16.0. The zero-order chi connectivity index (χ0) is 15.4. The fourth-order valence-electron chi connectivity index (χ4n) is 2.67. The van der Waals surface area contributed by atoms with E-state index in [1.54, 1.807) is 0 Å². The molecule has 0 unspecified atom stereocenters. The second-order valence-electron chi connectivity index (χ2n) is 6.09. The number of hydrogen-bond acceptors (Lipinski definition) is 3. The van der Waals surface area contributed by atoms with Gasteiger partial charge in [0.05, 0.1) is 5.69 Å². The van der Waals surface area contributed by atoms with Gasteiger partial charge in [-0.2, -0.15) is 5.10 Å². The standard InChI is InChI=1S/C16H27N3O2/c1-4-19-15(11-14(17-19)12(2)3)16(21)18(9-6-10-20)13-7-5-8-13/h11-13,20H,4-10H2,1-3H3. The van der Waals surface area contributed by atoms with Gasteiger partial charge in [0.15, 0.2) is 0 Å². The Morgan fingerprint density at radius 2 is 2.24 bits per heavy atom. The van der Waals surface area contributed by atoms with Crippen LogP contribution in [0.2, 0.25) is 0 Å². The van der Waals surface area contributed by atoms with Gasteiger partial charge < -0.3 is 10.0 Å². The Morgan fingerprint density at radius 1 is 1.52 bits per heavy atom. The lowest BCUT2D eigenvalue weighted by molar-refractivity contribution is 0.0550. The van der Waals surface area contributed by atoms with Gasteiger partial charge in [-0.15, -0.1) is 0 Å². The summed E-state index contributed by atoms with van der Waals surface area (Å²) in [4.78, 5) is 14.8. The average molecular weight is 293 g/mol. The van der Waals surface area contributed by atoms with Crippen LogP contribution in [0.4, 0.5) is 0 Å². The first-order chi connectivity index (χ1) is 10.1. The molecule has 21 heavy (non-hydrogen) atoms. The zero-order valence-electron chi connectivity index (χ0n) is 13.4. The number of aromatic nitrogens is 2. The molecule has 1 aromatic heterocycles. The molecule has 1 aliphatic carbocycles. The predicted octanol–water partition coefficient (Wildman–Crippen LogP) is 2.40. The highest BCUT2D eigenvalue weighted by Gasteiger charge is 2.31. The van der Waals surface area contributed by atoms with E-state index >= 15 is 0 Å². The predicted molar refractivity (Wildman–Crippen MR) is 82.4 cm³/mol. The summed E-state index contributed by atoms with van der Waals surface area (Å²) in [5, 5.41) is 13.6. The number of carbonyl (C=O) groups excluding carboxylic acids is 1. The van der Waals surface area contributed by atoms with Crippen LogP contribution in [0.1, 0.15) is 68.6 Å². The van der Waals surface area contributed by atoms with Crippen LogP contribution in [0, 0.1) is 0 Å². The highest BCUT2D eigenvalue weighted by Crippen LogP contribution is 2.27. The van der Waals surface area contributed by atoms with E-state index in [0.717, 1.165) is 18.5 Å². The molecule has 1 aromatic rings. The van der Waals surface area contributed by atoms with E-state index in [1.807, 2.05) is 22.6 Å². The first-order valence-corrected chi connectivity index (χ1v) is 8.08. The van der Waals surface area contributed by atoms with Gasteiger partial charge >= 0.3 is 0 Å². The van der Waals surface area contributed by atoms with Crippen molar-refractivity contribution in [3.8, 4) is 0 Å². The lowest BCUT2D eigenvalue weighted by Crippen LogP contribution is -2.45. The van der Waals surface area contributed by atoms with E-state index in [-0.39, 0.29) is 12.5 Å². The lowest BCUT2D eigenvalue weighted by Gasteiger charge is -2.37. The Kier molecular flexibility index (Phi) is 5.39. The summed E-state index contributed by atoms with van der Waals surface area (Å²) in [7, 11) is 0. The van der Waals surface area contributed by atoms with Crippen molar-refractivity contribution in [3.63, 3.8) is 0 Å². The van der Waals surface area contributed by atoms with E-state index in [0.29, 0.717) is 37.2 Å². The normalized spacial score (nSPS) is 15.3. The number of aliphatic hydroxyl groups is 1. The molecule has 0 aliphatic heterocycles. The highest BCUT2D eigenvalue weighted by atomic mass is 16.3. The molecule has 5 heteroatoms. The smallest absolute Gasteiger partial charge is 0.272 e. The van der Waals surface area contributed by atoms with Crippen LogP contribution in [0.15, 0.2) is 6.07 Å². The van der Waals surface area contributed by atoms with Crippen molar-refractivity contribution >= 4 is 5.91 Å². The van der Waals surface area contributed by atoms with Crippen molar-refractivity contribution in [2.24, 2.45) is 0 Å². The summed E-state index contributed by atoms with van der Waals surface area (Å²) >= 11 is 0. The fraction of sp³-hybridized carbons (Fsp3) is 0.750. The molecule has 0 aromatic carbocycles. The summed E-state index contributed by atoms with van der Waals surface area (Å²) in [5.41, 5.74) is 1.65. The molecule has 5 nitrogen and oxygen atoms in total. The minimum atomic E-state index is 0.0643. The van der Waals surface area contributed by atoms with Gasteiger partial charge in [0.1, 0.15) is 5.69 Å². The molecule has 0 spiro atoms. The first-order valence-electron chi connectivity index (χ1n) is 8.08. The Labute approximate surface area is 126 Å². The van der Waals surface area contributed by atoms with Crippen LogP contribution in [0.25, 0.3) is 0 Å². The van der Waals surface area contributed by atoms with Gasteiger partial charge in [0.25, 0.3) is 5.91 Å². The molecule has 0 atom stereocenters. The van der Waals surface area contributed by atoms with E-state index < -0.39 is 0 Å². The Hall–Kier alpha value is -1.36. The lowest BCUT2D eigenvalue weighted by atomic mass is 9.91. The number of aliphatic hydroxyl groups excluding tert-OH is 1. The number of hydrogen-bond donors (Lipinski definition) is 1. The van der Waals surface area contributed by atoms with Crippen molar-refractivity contribution < 1.29 is 9.90 Å². The highest BCUT2D eigenvalue weighted by molar-refractivity contribution is 5.93. The largest absolute Gasteiger partial charge is 0.396 e. The summed E-state index contributed by atoms with van der Waals surface area (Å²) in [6.07, 6.45) is 3.99. The summed E-state index contributed by atoms with van der Waals surface area (Å²) in [6, 6.07) is 2.27. The summed E-state index contributed by atoms with van der Waals surface area (Å²) in [6.45, 7) is 7.65. The minimum Gasteiger partial charge on any atom is -0.396 e. The number of amides is 1. The summed E-state index contributed by atoms with van der Waals surface area (Å²) in [5.74, 6) is 0.383. The molecule has 118 valence electrons. The SMILES string of the molecule is CCn1nc(C(C)C)cc1C(=O)N(CCCO)C1CCC1. The van der Waals surface area contributed by atoms with Crippen LogP contribution in [0.3, 0.4) is 0 Å². The molecule has 0 saturated heterocycles. The van der Waals surface area contributed by atoms with Gasteiger partial charge in [-0.25, -0.2) is 0 Å². The second kappa shape index (κ2) is 7.07. The van der Waals surface area contributed by atoms with Gasteiger partial charge in [0, 0.05) is 25.7 Å². The maximum Gasteiger partial charge on any atom is 0.272 e. The molecule has 1 fully saturated rings. The van der Waals surface area contributed by atoms with Gasteiger partial charge in [-0.3, -0.25) is 9.48 Å². The number of nitrogens with zero attached hydrogens (tertiary/aromatic N) is 3. The quantitative estimate of drug-likeness (QED) is 0.840. The van der Waals surface area contributed by atoms with Crippen molar-refractivity contribution in [1.82, 2.24) is 14.7 Å². The van der Waals surface area contributed by atoms with E-state index in [4.69, 9.17) is 5.11 Å². The molecule has 0 bridgehead atoms. The maximum absolute atomic E-state index is 12.9. The Balaban J connectivity index is 2.22. The molecule has 0 radical (unpaired) electrons. The van der Waals surface area contributed by atoms with Crippen LogP contribution >= 0.6 is 0 Å². The zero-order valence-corrected chi connectivity index (χ0v) is 13.4. The van der Waals surface area contributed by atoms with Gasteiger partial charge in [-0.05, 0) is 44.6 Å².